The molecule has 2 aromatic rings. The van der Waals surface area contributed by atoms with E-state index in [1.807, 2.05) is 48.5 Å². The number of benzene rings is 2. The van der Waals surface area contributed by atoms with E-state index in [0.29, 0.717) is 6.61 Å². The lowest BCUT2D eigenvalue weighted by atomic mass is 10.1. The van der Waals surface area contributed by atoms with E-state index >= 15 is 0 Å². The Morgan fingerprint density at radius 2 is 1.44 bits per heavy atom. The van der Waals surface area contributed by atoms with E-state index in [1.54, 1.807) is 0 Å². The van der Waals surface area contributed by atoms with Crippen molar-refractivity contribution in [1.29, 1.82) is 0 Å². The highest BCUT2D eigenvalue weighted by atomic mass is 35.5. The Morgan fingerprint density at radius 1 is 0.889 bits per heavy atom. The van der Waals surface area contributed by atoms with Crippen molar-refractivity contribution in [3.8, 4) is 5.75 Å². The van der Waals surface area contributed by atoms with E-state index < -0.39 is 0 Å². The van der Waals surface area contributed by atoms with Crippen LogP contribution in [-0.2, 0) is 6.42 Å². The van der Waals surface area contributed by atoms with Crippen LogP contribution in [0.3, 0.4) is 0 Å². The van der Waals surface area contributed by atoms with E-state index in [2.05, 4.69) is 0 Å². The molecule has 0 heterocycles. The van der Waals surface area contributed by atoms with Crippen molar-refractivity contribution in [3.05, 3.63) is 64.7 Å². The smallest absolute Gasteiger partial charge is 0.119 e. The Bertz CT molecular complexity index is 477. The van der Waals surface area contributed by atoms with Gasteiger partial charge in [0.05, 0.1) is 6.61 Å². The molecule has 0 radical (unpaired) electrons. The Morgan fingerprint density at radius 3 is 2.00 bits per heavy atom. The molecule has 2 nitrogen and oxygen atoms in total. The average Bonchev–Trinajstić information content (AvgIpc) is 2.41. The van der Waals surface area contributed by atoms with Crippen molar-refractivity contribution in [2.24, 2.45) is 0 Å². The van der Waals surface area contributed by atoms with Crippen LogP contribution in [-0.4, -0.2) is 18.3 Å². The predicted molar refractivity (Wildman–Crippen MR) is 73.3 cm³/mol. The van der Waals surface area contributed by atoms with Crippen LogP contribution >= 0.6 is 11.6 Å². The first-order valence-electron chi connectivity index (χ1n) is 5.85. The molecule has 0 unspecified atom stereocenters. The number of hydrogen-bond donors (Lipinski definition) is 1. The number of aliphatic hydroxyl groups is 1. The minimum Gasteiger partial charge on any atom is -0.491 e. The van der Waals surface area contributed by atoms with Crippen LogP contribution in [0.2, 0.25) is 5.02 Å². The lowest BCUT2D eigenvalue weighted by Crippen LogP contribution is -2.01. The van der Waals surface area contributed by atoms with Crippen molar-refractivity contribution >= 4 is 11.6 Å². The molecular formula is C15H15ClO2. The highest BCUT2D eigenvalue weighted by Crippen LogP contribution is 2.16. The van der Waals surface area contributed by atoms with Crippen LogP contribution in [0, 0.1) is 0 Å². The maximum Gasteiger partial charge on any atom is 0.119 e. The van der Waals surface area contributed by atoms with Gasteiger partial charge in [0.15, 0.2) is 0 Å². The number of ether oxygens (including phenoxy) is 1. The first-order chi connectivity index (χ1) is 8.78. The third-order valence-electron chi connectivity index (χ3n) is 2.60. The highest BCUT2D eigenvalue weighted by molar-refractivity contribution is 6.30. The first kappa shape index (κ1) is 12.9. The zero-order valence-corrected chi connectivity index (χ0v) is 10.7. The molecule has 0 amide bonds. The second-order valence-electron chi connectivity index (χ2n) is 4.02. The van der Waals surface area contributed by atoms with Gasteiger partial charge in [-0.2, -0.15) is 0 Å². The van der Waals surface area contributed by atoms with Crippen molar-refractivity contribution in [2.45, 2.75) is 6.42 Å². The Labute approximate surface area is 112 Å². The van der Waals surface area contributed by atoms with Crippen molar-refractivity contribution < 1.29 is 9.84 Å². The summed E-state index contributed by atoms with van der Waals surface area (Å²) in [5.74, 6) is 0.781. The topological polar surface area (TPSA) is 29.5 Å². The number of halogens is 1. The Balaban J connectivity index is 1.99. The monoisotopic (exact) mass is 262 g/mol. The van der Waals surface area contributed by atoms with Gasteiger partial charge in [-0.05, 0) is 41.8 Å². The van der Waals surface area contributed by atoms with E-state index in [4.69, 9.17) is 21.4 Å². The summed E-state index contributed by atoms with van der Waals surface area (Å²) in [5, 5.41) is 9.42. The summed E-state index contributed by atoms with van der Waals surface area (Å²) in [6.45, 7) is 0.364. The lowest BCUT2D eigenvalue weighted by Gasteiger charge is -2.06. The molecular weight excluding hydrogens is 248 g/mol. The number of hydrogen-bond acceptors (Lipinski definition) is 2. The third-order valence-corrected chi connectivity index (χ3v) is 2.86. The molecule has 0 saturated carbocycles. The van der Waals surface area contributed by atoms with Crippen molar-refractivity contribution in [1.82, 2.24) is 0 Å². The summed E-state index contributed by atoms with van der Waals surface area (Å²) in [6.07, 6.45) is 0.872. The molecule has 0 saturated heterocycles. The van der Waals surface area contributed by atoms with Crippen LogP contribution in [0.4, 0.5) is 0 Å². The molecule has 94 valence electrons. The van der Waals surface area contributed by atoms with Crippen molar-refractivity contribution in [2.75, 3.05) is 13.2 Å². The molecule has 1 N–H and O–H groups in total. The van der Waals surface area contributed by atoms with Crippen LogP contribution in [0.5, 0.6) is 5.75 Å². The fourth-order valence-electron chi connectivity index (χ4n) is 1.70. The molecule has 0 spiro atoms. The fraction of sp³-hybridized carbons (Fsp3) is 0.200. The highest BCUT2D eigenvalue weighted by Gasteiger charge is 1.98. The molecule has 2 aromatic carbocycles. The molecule has 0 aliphatic rings. The molecule has 18 heavy (non-hydrogen) atoms. The number of rotatable bonds is 5. The van der Waals surface area contributed by atoms with Gasteiger partial charge >= 0.3 is 0 Å². The first-order valence-corrected chi connectivity index (χ1v) is 6.23. The van der Waals surface area contributed by atoms with E-state index in [1.165, 1.54) is 11.1 Å². The summed E-state index contributed by atoms with van der Waals surface area (Å²) < 4.78 is 5.31. The van der Waals surface area contributed by atoms with E-state index in [0.717, 1.165) is 17.2 Å². The summed E-state index contributed by atoms with van der Waals surface area (Å²) >= 11 is 5.85. The van der Waals surface area contributed by atoms with Gasteiger partial charge in [0.1, 0.15) is 12.4 Å². The fourth-order valence-corrected chi connectivity index (χ4v) is 1.83. The van der Waals surface area contributed by atoms with E-state index in [-0.39, 0.29) is 6.61 Å². The predicted octanol–water partition coefficient (Wildman–Crippen LogP) is 3.30. The second-order valence-corrected chi connectivity index (χ2v) is 4.46. The van der Waals surface area contributed by atoms with Gasteiger partial charge in [0.2, 0.25) is 0 Å². The molecule has 3 heteroatoms. The van der Waals surface area contributed by atoms with Crippen LogP contribution in [0.15, 0.2) is 48.5 Å². The molecule has 0 aliphatic heterocycles. The van der Waals surface area contributed by atoms with Gasteiger partial charge in [0, 0.05) is 5.02 Å². The largest absolute Gasteiger partial charge is 0.491 e. The molecule has 0 aliphatic carbocycles. The maximum atomic E-state index is 8.66. The minimum atomic E-state index is 0.0343. The zero-order valence-electron chi connectivity index (χ0n) is 9.97. The SMILES string of the molecule is OCCOc1ccc(Cc2ccc(Cl)cc2)cc1. The normalized spacial score (nSPS) is 10.3. The van der Waals surface area contributed by atoms with Gasteiger partial charge < -0.3 is 9.84 Å². The van der Waals surface area contributed by atoms with E-state index in [9.17, 15) is 0 Å². The maximum absolute atomic E-state index is 8.66. The Kier molecular flexibility index (Phi) is 4.62. The van der Waals surface area contributed by atoms with Crippen LogP contribution < -0.4 is 4.74 Å². The summed E-state index contributed by atoms with van der Waals surface area (Å²) in [5.41, 5.74) is 2.44. The molecule has 0 bridgehead atoms. The minimum absolute atomic E-state index is 0.0343. The quantitative estimate of drug-likeness (QED) is 0.896. The van der Waals surface area contributed by atoms with Gasteiger partial charge in [-0.25, -0.2) is 0 Å². The third kappa shape index (κ3) is 3.76. The zero-order chi connectivity index (χ0) is 12.8. The van der Waals surface area contributed by atoms with Gasteiger partial charge in [-0.3, -0.25) is 0 Å². The molecule has 0 atom stereocenters. The Hall–Kier alpha value is -1.51. The van der Waals surface area contributed by atoms with Gasteiger partial charge in [-0.15, -0.1) is 0 Å². The molecule has 0 aromatic heterocycles. The van der Waals surface area contributed by atoms with Gasteiger partial charge in [-0.1, -0.05) is 35.9 Å². The van der Waals surface area contributed by atoms with Crippen molar-refractivity contribution in [3.63, 3.8) is 0 Å². The number of aliphatic hydroxyl groups excluding tert-OH is 1. The lowest BCUT2D eigenvalue weighted by molar-refractivity contribution is 0.201. The average molecular weight is 263 g/mol. The van der Waals surface area contributed by atoms with Crippen LogP contribution in [0.1, 0.15) is 11.1 Å². The summed E-state index contributed by atoms with van der Waals surface area (Å²) in [7, 11) is 0. The van der Waals surface area contributed by atoms with Gasteiger partial charge in [0.25, 0.3) is 0 Å². The summed E-state index contributed by atoms with van der Waals surface area (Å²) in [4.78, 5) is 0. The standard InChI is InChI=1S/C15H15ClO2/c16-14-5-1-12(2-6-14)11-13-3-7-15(8-4-13)18-10-9-17/h1-8,17H,9-11H2. The summed E-state index contributed by atoms with van der Waals surface area (Å²) in [6, 6.07) is 15.7. The van der Waals surface area contributed by atoms with Crippen LogP contribution in [0.25, 0.3) is 0 Å². The molecule has 2 rings (SSSR count). The molecule has 0 fully saturated rings. The second kappa shape index (κ2) is 6.43.